The van der Waals surface area contributed by atoms with Gasteiger partial charge in [-0.1, -0.05) is 23.7 Å². The topological polar surface area (TPSA) is 80.7 Å². The highest BCUT2D eigenvalue weighted by Crippen LogP contribution is 2.40. The van der Waals surface area contributed by atoms with E-state index in [4.69, 9.17) is 16.3 Å². The number of carboxylic acids is 1. The Morgan fingerprint density at radius 3 is 2.44 bits per heavy atom. The highest BCUT2D eigenvalue weighted by Gasteiger charge is 2.45. The maximum absolute atomic E-state index is 13.0. The second-order valence-electron chi connectivity index (χ2n) is 6.54. The molecule has 27 heavy (non-hydrogen) atoms. The van der Waals surface area contributed by atoms with Gasteiger partial charge in [-0.2, -0.15) is 0 Å². The van der Waals surface area contributed by atoms with Crippen LogP contribution in [0.5, 0.6) is 5.75 Å². The van der Waals surface area contributed by atoms with Crippen LogP contribution in [-0.4, -0.2) is 31.4 Å². The third-order valence-corrected chi connectivity index (χ3v) is 7.50. The van der Waals surface area contributed by atoms with Crippen LogP contribution in [0.3, 0.4) is 0 Å². The van der Waals surface area contributed by atoms with E-state index in [2.05, 4.69) is 0 Å². The largest absolute Gasteiger partial charge is 0.493 e. The summed E-state index contributed by atoms with van der Waals surface area (Å²) < 4.78 is 44.4. The predicted molar refractivity (Wildman–Crippen MR) is 98.2 cm³/mol. The Bertz CT molecular complexity index is 929. The van der Waals surface area contributed by atoms with Crippen LogP contribution in [0.2, 0.25) is 5.02 Å². The second kappa shape index (κ2) is 7.86. The number of rotatable bonds is 6. The van der Waals surface area contributed by atoms with Crippen LogP contribution in [0.15, 0.2) is 53.4 Å². The zero-order valence-electron chi connectivity index (χ0n) is 14.2. The fraction of sp³-hybridized carbons (Fsp3) is 0.316. The molecule has 3 atom stereocenters. The monoisotopic (exact) mass is 412 g/mol. The Morgan fingerprint density at radius 1 is 1.15 bits per heavy atom. The number of hydrogen-bond donors (Lipinski definition) is 1. The summed E-state index contributed by atoms with van der Waals surface area (Å²) in [4.78, 5) is 11.6. The van der Waals surface area contributed by atoms with Gasteiger partial charge in [0.2, 0.25) is 0 Å². The van der Waals surface area contributed by atoms with Crippen molar-refractivity contribution in [1.82, 2.24) is 0 Å². The average molecular weight is 413 g/mol. The molecule has 0 bridgehead atoms. The van der Waals surface area contributed by atoms with Crippen molar-refractivity contribution in [2.75, 3.05) is 6.61 Å². The second-order valence-corrected chi connectivity index (χ2v) is 9.14. The first-order valence-electron chi connectivity index (χ1n) is 8.38. The molecule has 8 heteroatoms. The molecule has 5 nitrogen and oxygen atoms in total. The highest BCUT2D eigenvalue weighted by atomic mass is 35.5. The lowest BCUT2D eigenvalue weighted by Gasteiger charge is -2.16. The van der Waals surface area contributed by atoms with Gasteiger partial charge >= 0.3 is 5.97 Å². The number of carboxylic acid groups (broad SMARTS) is 1. The number of ether oxygens (including phenoxy) is 1. The van der Waals surface area contributed by atoms with Gasteiger partial charge in [0.15, 0.2) is 9.84 Å². The number of halogens is 2. The van der Waals surface area contributed by atoms with E-state index in [0.29, 0.717) is 5.75 Å². The molecule has 0 spiro atoms. The molecule has 0 aliphatic heterocycles. The van der Waals surface area contributed by atoms with Crippen molar-refractivity contribution in [1.29, 1.82) is 0 Å². The molecule has 1 N–H and O–H groups in total. The van der Waals surface area contributed by atoms with Gasteiger partial charge in [-0.15, -0.1) is 0 Å². The molecule has 144 valence electrons. The van der Waals surface area contributed by atoms with Crippen molar-refractivity contribution in [3.8, 4) is 5.75 Å². The summed E-state index contributed by atoms with van der Waals surface area (Å²) in [5, 5.41) is 8.77. The molecule has 0 amide bonds. The van der Waals surface area contributed by atoms with Crippen LogP contribution >= 0.6 is 11.6 Å². The van der Waals surface area contributed by atoms with E-state index in [1.54, 1.807) is 12.1 Å². The number of aliphatic carboxylic acids is 1. The van der Waals surface area contributed by atoms with Gasteiger partial charge in [0.1, 0.15) is 11.6 Å². The molecular weight excluding hydrogens is 395 g/mol. The molecule has 1 saturated carbocycles. The van der Waals surface area contributed by atoms with E-state index in [9.17, 15) is 22.7 Å². The minimum absolute atomic E-state index is 0.000332. The summed E-state index contributed by atoms with van der Waals surface area (Å²) in [5.41, 5.74) is 0. The lowest BCUT2D eigenvalue weighted by Crippen LogP contribution is -2.23. The zero-order valence-corrected chi connectivity index (χ0v) is 15.8. The fourth-order valence-electron chi connectivity index (χ4n) is 3.40. The van der Waals surface area contributed by atoms with Crippen molar-refractivity contribution in [3.63, 3.8) is 0 Å². The molecule has 2 aromatic carbocycles. The highest BCUT2D eigenvalue weighted by molar-refractivity contribution is 7.92. The lowest BCUT2D eigenvalue weighted by atomic mass is 9.97. The Morgan fingerprint density at radius 2 is 1.81 bits per heavy atom. The Balaban J connectivity index is 1.77. The summed E-state index contributed by atoms with van der Waals surface area (Å²) in [6.45, 7) is 0.0388. The number of hydrogen-bond acceptors (Lipinski definition) is 4. The molecule has 0 unspecified atom stereocenters. The minimum Gasteiger partial charge on any atom is -0.493 e. The first-order chi connectivity index (χ1) is 12.8. The zero-order chi connectivity index (χ0) is 19.6. The van der Waals surface area contributed by atoms with Crippen LogP contribution in [-0.2, 0) is 14.6 Å². The van der Waals surface area contributed by atoms with Crippen LogP contribution in [0.1, 0.15) is 12.8 Å². The van der Waals surface area contributed by atoms with E-state index in [1.807, 2.05) is 0 Å². The minimum atomic E-state index is -3.76. The van der Waals surface area contributed by atoms with Crippen molar-refractivity contribution < 1.29 is 27.4 Å². The first-order valence-corrected chi connectivity index (χ1v) is 10.3. The van der Waals surface area contributed by atoms with Crippen LogP contribution < -0.4 is 4.74 Å². The standard InChI is InChI=1S/C19H18ClFO5S/c20-17-3-1-2-4-18(17)27(24,25)15-9-12(16(10-15)19(22)23)11-26-14-7-5-13(21)6-8-14/h1-8,12,15-16H,9-11H2,(H,22,23)/t12-,15+,16+/m0/s1. The van der Waals surface area contributed by atoms with Crippen LogP contribution in [0.25, 0.3) is 0 Å². The molecule has 1 aliphatic rings. The van der Waals surface area contributed by atoms with Gasteiger partial charge in [-0.3, -0.25) is 4.79 Å². The molecular formula is C19H18ClFO5S. The van der Waals surface area contributed by atoms with E-state index < -0.39 is 38.7 Å². The van der Waals surface area contributed by atoms with Gasteiger partial charge < -0.3 is 9.84 Å². The van der Waals surface area contributed by atoms with E-state index >= 15 is 0 Å². The summed E-state index contributed by atoms with van der Waals surface area (Å²) in [6.07, 6.45) is 0.159. The van der Waals surface area contributed by atoms with Gasteiger partial charge in [0.05, 0.1) is 27.7 Å². The van der Waals surface area contributed by atoms with Crippen LogP contribution in [0.4, 0.5) is 4.39 Å². The SMILES string of the molecule is O=C(O)[C@@H]1C[C@H](S(=O)(=O)c2ccccc2Cl)C[C@H]1COc1ccc(F)cc1. The average Bonchev–Trinajstić information content (AvgIpc) is 3.07. The summed E-state index contributed by atoms with van der Waals surface area (Å²) in [6, 6.07) is 11.5. The van der Waals surface area contributed by atoms with Crippen molar-refractivity contribution in [2.24, 2.45) is 11.8 Å². The fourth-order valence-corrected chi connectivity index (χ4v) is 5.79. The predicted octanol–water partition coefficient (Wildman–Crippen LogP) is 3.81. The smallest absolute Gasteiger partial charge is 0.306 e. The van der Waals surface area contributed by atoms with Crippen LogP contribution in [0, 0.1) is 17.7 Å². The molecule has 0 radical (unpaired) electrons. The van der Waals surface area contributed by atoms with E-state index in [1.165, 1.54) is 36.4 Å². The summed E-state index contributed by atoms with van der Waals surface area (Å²) in [5.74, 6) is -2.38. The summed E-state index contributed by atoms with van der Waals surface area (Å²) >= 11 is 6.03. The maximum Gasteiger partial charge on any atom is 0.306 e. The maximum atomic E-state index is 13.0. The molecule has 2 aromatic rings. The number of benzene rings is 2. The van der Waals surface area contributed by atoms with Gasteiger partial charge in [0.25, 0.3) is 0 Å². The normalized spacial score (nSPS) is 22.5. The van der Waals surface area contributed by atoms with Gasteiger partial charge in [-0.05, 0) is 49.2 Å². The molecule has 0 heterocycles. The summed E-state index contributed by atoms with van der Waals surface area (Å²) in [7, 11) is -3.76. The lowest BCUT2D eigenvalue weighted by molar-refractivity contribution is -0.143. The third-order valence-electron chi connectivity index (χ3n) is 4.83. The van der Waals surface area contributed by atoms with Gasteiger partial charge in [-0.25, -0.2) is 12.8 Å². The number of sulfone groups is 1. The van der Waals surface area contributed by atoms with Crippen molar-refractivity contribution in [3.05, 3.63) is 59.4 Å². The Kier molecular flexibility index (Phi) is 5.72. The van der Waals surface area contributed by atoms with Crippen molar-refractivity contribution in [2.45, 2.75) is 23.0 Å². The van der Waals surface area contributed by atoms with E-state index in [0.717, 1.165) is 0 Å². The molecule has 0 saturated heterocycles. The Hall–Kier alpha value is -2.12. The molecule has 3 rings (SSSR count). The van der Waals surface area contributed by atoms with Crippen molar-refractivity contribution >= 4 is 27.4 Å². The molecule has 1 fully saturated rings. The first kappa shape index (κ1) is 19.6. The molecule has 1 aliphatic carbocycles. The third kappa shape index (κ3) is 4.25. The quantitative estimate of drug-likeness (QED) is 0.780. The van der Waals surface area contributed by atoms with Gasteiger partial charge in [0, 0.05) is 5.92 Å². The molecule has 0 aromatic heterocycles. The number of carbonyl (C=O) groups is 1. The Labute approximate surface area is 161 Å². The van der Waals surface area contributed by atoms with E-state index in [-0.39, 0.29) is 29.4 Å².